The number of benzene rings is 1. The van der Waals surface area contributed by atoms with Crippen molar-refractivity contribution in [2.45, 2.75) is 78.7 Å². The summed E-state index contributed by atoms with van der Waals surface area (Å²) in [5, 5.41) is 14.7. The SMILES string of the molecule is CCOP(=O)(CNC(C)(c1cc(C(C)(C)C)c(O)c(C(C)(C)C)c1)c1ccccn1)OCC. The molecule has 2 aromatic rings. The van der Waals surface area contributed by atoms with Gasteiger partial charge in [-0.2, -0.15) is 0 Å². The highest BCUT2D eigenvalue weighted by Gasteiger charge is 2.37. The molecule has 0 saturated carbocycles. The smallest absolute Gasteiger partial charge is 0.344 e. The molecule has 1 heterocycles. The number of phenols is 1. The molecule has 1 aromatic heterocycles. The fourth-order valence-electron chi connectivity index (χ4n) is 3.84. The molecule has 1 atom stereocenters. The lowest BCUT2D eigenvalue weighted by Gasteiger charge is -2.36. The van der Waals surface area contributed by atoms with E-state index in [0.717, 1.165) is 22.4 Å². The molecule has 1 aromatic carbocycles. The zero-order valence-electron chi connectivity index (χ0n) is 21.7. The number of rotatable bonds is 9. The second-order valence-electron chi connectivity index (χ2n) is 10.5. The van der Waals surface area contributed by atoms with Crippen molar-refractivity contribution in [2.24, 2.45) is 0 Å². The van der Waals surface area contributed by atoms with E-state index in [-0.39, 0.29) is 17.1 Å². The van der Waals surface area contributed by atoms with Crippen molar-refractivity contribution in [1.82, 2.24) is 10.3 Å². The average Bonchev–Trinajstić information content (AvgIpc) is 2.71. The molecule has 184 valence electrons. The van der Waals surface area contributed by atoms with E-state index >= 15 is 0 Å². The predicted octanol–water partition coefficient (Wildman–Crippen LogP) is 6.46. The third kappa shape index (κ3) is 6.45. The summed E-state index contributed by atoms with van der Waals surface area (Å²) in [5.41, 5.74) is 2.04. The van der Waals surface area contributed by atoms with Gasteiger partial charge in [0.1, 0.15) is 5.75 Å². The molecule has 0 spiro atoms. The highest BCUT2D eigenvalue weighted by molar-refractivity contribution is 7.53. The van der Waals surface area contributed by atoms with Crippen molar-refractivity contribution in [3.8, 4) is 5.75 Å². The Balaban J connectivity index is 2.74. The predicted molar refractivity (Wildman–Crippen MR) is 135 cm³/mol. The van der Waals surface area contributed by atoms with Gasteiger partial charge in [0.15, 0.2) is 0 Å². The highest BCUT2D eigenvalue weighted by Crippen LogP contribution is 2.48. The van der Waals surface area contributed by atoms with Crippen molar-refractivity contribution in [1.29, 1.82) is 0 Å². The van der Waals surface area contributed by atoms with Gasteiger partial charge in [0.25, 0.3) is 0 Å². The number of aromatic nitrogens is 1. The Morgan fingerprint density at radius 2 is 1.45 bits per heavy atom. The van der Waals surface area contributed by atoms with Crippen molar-refractivity contribution < 1.29 is 18.7 Å². The van der Waals surface area contributed by atoms with Crippen molar-refractivity contribution in [2.75, 3.05) is 19.5 Å². The number of aromatic hydroxyl groups is 1. The molecule has 0 saturated heterocycles. The number of phenolic OH excluding ortho intramolecular Hbond substituents is 1. The van der Waals surface area contributed by atoms with E-state index in [0.29, 0.717) is 19.0 Å². The molecule has 0 bridgehead atoms. The van der Waals surface area contributed by atoms with E-state index in [9.17, 15) is 9.67 Å². The van der Waals surface area contributed by atoms with Crippen LogP contribution in [0.2, 0.25) is 0 Å². The zero-order chi connectivity index (χ0) is 25.1. The van der Waals surface area contributed by atoms with E-state index < -0.39 is 13.1 Å². The van der Waals surface area contributed by atoms with Gasteiger partial charge >= 0.3 is 7.60 Å². The summed E-state index contributed by atoms with van der Waals surface area (Å²) in [6, 6.07) is 9.80. The largest absolute Gasteiger partial charge is 0.507 e. The van der Waals surface area contributed by atoms with Crippen LogP contribution in [0.15, 0.2) is 36.5 Å². The average molecular weight is 477 g/mol. The Bertz CT molecular complexity index is 935. The molecule has 7 heteroatoms. The Kier molecular flexibility index (Phi) is 8.56. The molecule has 0 radical (unpaired) electrons. The molecule has 0 amide bonds. The first kappa shape index (κ1) is 27.5. The third-order valence-electron chi connectivity index (χ3n) is 5.76. The normalized spacial score (nSPS) is 14.8. The van der Waals surface area contributed by atoms with Gasteiger partial charge in [-0.1, -0.05) is 47.6 Å². The van der Waals surface area contributed by atoms with Crippen LogP contribution in [0.1, 0.15) is 84.7 Å². The van der Waals surface area contributed by atoms with Gasteiger partial charge in [0, 0.05) is 6.20 Å². The quantitative estimate of drug-likeness (QED) is 0.404. The molecule has 0 aliphatic rings. The summed E-state index contributed by atoms with van der Waals surface area (Å²) in [7, 11) is -3.34. The zero-order valence-corrected chi connectivity index (χ0v) is 22.5. The maximum Gasteiger partial charge on any atom is 0.344 e. The second kappa shape index (κ2) is 10.3. The molecular weight excluding hydrogens is 435 g/mol. The molecule has 2 N–H and O–H groups in total. The van der Waals surface area contributed by atoms with Gasteiger partial charge < -0.3 is 14.2 Å². The molecule has 0 fully saturated rings. The lowest BCUT2D eigenvalue weighted by Crippen LogP contribution is -2.42. The molecule has 0 aliphatic carbocycles. The van der Waals surface area contributed by atoms with Crippen molar-refractivity contribution >= 4 is 7.60 Å². The van der Waals surface area contributed by atoms with E-state index in [2.05, 4.69) is 51.8 Å². The first-order chi connectivity index (χ1) is 15.2. The minimum Gasteiger partial charge on any atom is -0.507 e. The number of hydrogen-bond acceptors (Lipinski definition) is 6. The van der Waals surface area contributed by atoms with Crippen molar-refractivity contribution in [3.05, 3.63) is 58.9 Å². The molecule has 0 aliphatic heterocycles. The van der Waals surface area contributed by atoms with Crippen LogP contribution in [0.4, 0.5) is 0 Å². The maximum atomic E-state index is 13.3. The number of nitrogens with one attached hydrogen (secondary N) is 1. The van der Waals surface area contributed by atoms with E-state index in [1.54, 1.807) is 20.0 Å². The van der Waals surface area contributed by atoms with Crippen LogP contribution >= 0.6 is 7.60 Å². The van der Waals surface area contributed by atoms with Gasteiger partial charge in [-0.05, 0) is 72.6 Å². The Labute approximate surface area is 199 Å². The minimum absolute atomic E-state index is 0.0261. The molecule has 33 heavy (non-hydrogen) atoms. The summed E-state index contributed by atoms with van der Waals surface area (Å²) in [5.74, 6) is 0.316. The van der Waals surface area contributed by atoms with Gasteiger partial charge in [-0.3, -0.25) is 14.9 Å². The first-order valence-corrected chi connectivity index (χ1v) is 13.3. The molecular formula is C26H41N2O4P. The van der Waals surface area contributed by atoms with Crippen LogP contribution in [0.25, 0.3) is 0 Å². The van der Waals surface area contributed by atoms with Gasteiger partial charge in [0.2, 0.25) is 0 Å². The van der Waals surface area contributed by atoms with Gasteiger partial charge in [-0.25, -0.2) is 0 Å². The van der Waals surface area contributed by atoms with Crippen LogP contribution < -0.4 is 5.32 Å². The van der Waals surface area contributed by atoms with Crippen LogP contribution in [-0.4, -0.2) is 29.6 Å². The lowest BCUT2D eigenvalue weighted by molar-refractivity contribution is 0.215. The maximum absolute atomic E-state index is 13.3. The first-order valence-electron chi connectivity index (χ1n) is 11.6. The summed E-state index contributed by atoms with van der Waals surface area (Å²) < 4.78 is 24.3. The van der Waals surface area contributed by atoms with E-state index in [1.807, 2.05) is 37.3 Å². The van der Waals surface area contributed by atoms with Gasteiger partial charge in [0.05, 0.1) is 30.7 Å². The number of pyridine rings is 1. The summed E-state index contributed by atoms with van der Waals surface area (Å²) in [6.07, 6.45) is 1.77. The molecule has 6 nitrogen and oxygen atoms in total. The van der Waals surface area contributed by atoms with Crippen molar-refractivity contribution in [3.63, 3.8) is 0 Å². The molecule has 2 rings (SSSR count). The standard InChI is InChI=1S/C26H41N2O4P/c1-10-31-33(30,32-11-2)18-28-26(9,22-14-12-13-15-27-22)19-16-20(24(3,4)5)23(29)21(17-19)25(6,7)8/h12-17,28-29H,10-11,18H2,1-9H3. The lowest BCUT2D eigenvalue weighted by atomic mass is 9.75. The summed E-state index contributed by atoms with van der Waals surface area (Å²) in [6.45, 7) is 18.7. The van der Waals surface area contributed by atoms with Crippen LogP contribution in [0.3, 0.4) is 0 Å². The van der Waals surface area contributed by atoms with E-state index in [4.69, 9.17) is 9.05 Å². The fourth-order valence-corrected chi connectivity index (χ4v) is 5.40. The summed E-state index contributed by atoms with van der Waals surface area (Å²) >= 11 is 0. The van der Waals surface area contributed by atoms with Crippen LogP contribution in [0.5, 0.6) is 5.75 Å². The number of hydrogen-bond donors (Lipinski definition) is 2. The monoisotopic (exact) mass is 476 g/mol. The Morgan fingerprint density at radius 1 is 0.939 bits per heavy atom. The van der Waals surface area contributed by atoms with Gasteiger partial charge in [-0.15, -0.1) is 0 Å². The third-order valence-corrected chi connectivity index (χ3v) is 7.61. The molecule has 1 unspecified atom stereocenters. The Morgan fingerprint density at radius 3 is 1.85 bits per heavy atom. The second-order valence-corrected chi connectivity index (χ2v) is 12.6. The Hall–Kier alpha value is -1.72. The topological polar surface area (TPSA) is 80.7 Å². The number of nitrogens with zero attached hydrogens (tertiary/aromatic N) is 1. The fraction of sp³-hybridized carbons (Fsp3) is 0.577. The van der Waals surface area contributed by atoms with E-state index in [1.165, 1.54) is 0 Å². The minimum atomic E-state index is -3.34. The highest BCUT2D eigenvalue weighted by atomic mass is 31.2. The van der Waals surface area contributed by atoms with Crippen LogP contribution in [0, 0.1) is 0 Å². The van der Waals surface area contributed by atoms with Crippen LogP contribution in [-0.2, 0) is 30.0 Å². The summed E-state index contributed by atoms with van der Waals surface area (Å²) in [4.78, 5) is 4.63.